The number of nitrogens with zero attached hydrogens (tertiary/aromatic N) is 1. The monoisotopic (exact) mass is 246 g/mol. The molecule has 18 heavy (non-hydrogen) atoms. The van der Waals surface area contributed by atoms with Gasteiger partial charge in [0.1, 0.15) is 0 Å². The molecule has 0 spiro atoms. The standard InChI is InChI=1S/C14H18N2O2/c1-11(13-4-2-12(6-15)3-5-13)16-7-14(8-17)9-18-10-14/h2-5,11,16-17H,7-10H2,1H3. The van der Waals surface area contributed by atoms with Gasteiger partial charge < -0.3 is 15.2 Å². The molecular weight excluding hydrogens is 228 g/mol. The largest absolute Gasteiger partial charge is 0.396 e. The molecule has 1 aliphatic heterocycles. The number of aliphatic hydroxyl groups excluding tert-OH is 1. The molecule has 96 valence electrons. The molecule has 4 heteroatoms. The second kappa shape index (κ2) is 5.49. The van der Waals surface area contributed by atoms with E-state index in [0.29, 0.717) is 18.8 Å². The first kappa shape index (κ1) is 13.0. The summed E-state index contributed by atoms with van der Waals surface area (Å²) < 4.78 is 5.16. The maximum atomic E-state index is 9.33. The van der Waals surface area contributed by atoms with Crippen LogP contribution in [-0.4, -0.2) is 31.5 Å². The van der Waals surface area contributed by atoms with Gasteiger partial charge in [0.2, 0.25) is 0 Å². The second-order valence-electron chi connectivity index (χ2n) is 4.99. The number of nitrogens with one attached hydrogen (secondary N) is 1. The molecule has 1 aromatic carbocycles. The van der Waals surface area contributed by atoms with Crippen molar-refractivity contribution in [2.45, 2.75) is 13.0 Å². The van der Waals surface area contributed by atoms with Gasteiger partial charge >= 0.3 is 0 Å². The molecule has 1 aromatic rings. The Bertz CT molecular complexity index is 427. The fraction of sp³-hybridized carbons (Fsp3) is 0.500. The molecule has 0 aliphatic carbocycles. The summed E-state index contributed by atoms with van der Waals surface area (Å²) in [7, 11) is 0. The predicted molar refractivity (Wildman–Crippen MR) is 67.9 cm³/mol. The lowest BCUT2D eigenvalue weighted by Crippen LogP contribution is -2.52. The molecule has 0 aromatic heterocycles. The third-order valence-corrected chi connectivity index (χ3v) is 3.47. The normalized spacial score (nSPS) is 18.7. The van der Waals surface area contributed by atoms with Crippen molar-refractivity contribution >= 4 is 0 Å². The van der Waals surface area contributed by atoms with Gasteiger partial charge in [-0.1, -0.05) is 12.1 Å². The number of hydrogen-bond donors (Lipinski definition) is 2. The predicted octanol–water partition coefficient (Wildman–Crippen LogP) is 1.22. The Balaban J connectivity index is 1.91. The molecule has 4 nitrogen and oxygen atoms in total. The zero-order valence-corrected chi connectivity index (χ0v) is 10.5. The fourth-order valence-electron chi connectivity index (χ4n) is 1.97. The van der Waals surface area contributed by atoms with E-state index < -0.39 is 0 Å². The molecule has 1 heterocycles. The van der Waals surface area contributed by atoms with Crippen LogP contribution < -0.4 is 5.32 Å². The van der Waals surface area contributed by atoms with E-state index in [9.17, 15) is 5.11 Å². The lowest BCUT2D eigenvalue weighted by atomic mass is 9.86. The van der Waals surface area contributed by atoms with Crippen molar-refractivity contribution in [3.63, 3.8) is 0 Å². The van der Waals surface area contributed by atoms with Gasteiger partial charge in [0.05, 0.1) is 36.9 Å². The van der Waals surface area contributed by atoms with E-state index >= 15 is 0 Å². The highest BCUT2D eigenvalue weighted by Gasteiger charge is 2.37. The first-order valence-electron chi connectivity index (χ1n) is 6.11. The van der Waals surface area contributed by atoms with Crippen LogP contribution in [0.2, 0.25) is 0 Å². The molecule has 1 fully saturated rings. The lowest BCUT2D eigenvalue weighted by molar-refractivity contribution is -0.135. The number of nitriles is 1. The first-order valence-corrected chi connectivity index (χ1v) is 6.11. The highest BCUT2D eigenvalue weighted by atomic mass is 16.5. The molecule has 0 bridgehead atoms. The average molecular weight is 246 g/mol. The summed E-state index contributed by atoms with van der Waals surface area (Å²) in [6.45, 7) is 4.21. The van der Waals surface area contributed by atoms with Gasteiger partial charge in [0, 0.05) is 12.6 Å². The van der Waals surface area contributed by atoms with Crippen molar-refractivity contribution in [2.75, 3.05) is 26.4 Å². The van der Waals surface area contributed by atoms with Crippen molar-refractivity contribution in [1.82, 2.24) is 5.32 Å². The van der Waals surface area contributed by atoms with E-state index in [1.165, 1.54) is 0 Å². The van der Waals surface area contributed by atoms with E-state index in [1.54, 1.807) is 0 Å². The van der Waals surface area contributed by atoms with Gasteiger partial charge in [0.15, 0.2) is 0 Å². The van der Waals surface area contributed by atoms with E-state index in [1.807, 2.05) is 24.3 Å². The zero-order valence-electron chi connectivity index (χ0n) is 10.5. The van der Waals surface area contributed by atoms with Gasteiger partial charge in [-0.3, -0.25) is 0 Å². The molecule has 1 unspecified atom stereocenters. The minimum absolute atomic E-state index is 0.110. The topological polar surface area (TPSA) is 65.3 Å². The van der Waals surface area contributed by atoms with Crippen molar-refractivity contribution in [2.24, 2.45) is 5.41 Å². The number of benzene rings is 1. The summed E-state index contributed by atoms with van der Waals surface area (Å²) in [6, 6.07) is 9.86. The van der Waals surface area contributed by atoms with E-state index in [0.717, 1.165) is 12.1 Å². The molecule has 0 amide bonds. The molecule has 1 atom stereocenters. The summed E-state index contributed by atoms with van der Waals surface area (Å²) in [6.07, 6.45) is 0. The van der Waals surface area contributed by atoms with Crippen molar-refractivity contribution < 1.29 is 9.84 Å². The molecule has 0 saturated carbocycles. The van der Waals surface area contributed by atoms with Crippen molar-refractivity contribution in [3.8, 4) is 6.07 Å². The summed E-state index contributed by atoms with van der Waals surface area (Å²) in [5.41, 5.74) is 1.70. The molecule has 1 aliphatic rings. The quantitative estimate of drug-likeness (QED) is 0.820. The van der Waals surface area contributed by atoms with Crippen molar-refractivity contribution in [1.29, 1.82) is 5.26 Å². The van der Waals surface area contributed by atoms with Crippen LogP contribution in [0.25, 0.3) is 0 Å². The molecule has 2 rings (SSSR count). The van der Waals surface area contributed by atoms with Crippen LogP contribution in [0, 0.1) is 16.7 Å². The molecule has 0 radical (unpaired) electrons. The Kier molecular flexibility index (Phi) is 3.97. The van der Waals surface area contributed by atoms with Crippen LogP contribution >= 0.6 is 0 Å². The number of hydrogen-bond acceptors (Lipinski definition) is 4. The van der Waals surface area contributed by atoms with Crippen LogP contribution in [0.1, 0.15) is 24.1 Å². The van der Waals surface area contributed by atoms with Gasteiger partial charge in [-0.05, 0) is 24.6 Å². The number of rotatable bonds is 5. The zero-order chi connectivity index (χ0) is 13.0. The first-order chi connectivity index (χ1) is 8.69. The number of ether oxygens (including phenoxy) is 1. The second-order valence-corrected chi connectivity index (χ2v) is 4.99. The van der Waals surface area contributed by atoms with E-state index in [2.05, 4.69) is 18.3 Å². The Morgan fingerprint density at radius 3 is 2.56 bits per heavy atom. The van der Waals surface area contributed by atoms with Crippen molar-refractivity contribution in [3.05, 3.63) is 35.4 Å². The number of aliphatic hydroxyl groups is 1. The van der Waals surface area contributed by atoms with E-state index in [-0.39, 0.29) is 18.1 Å². The van der Waals surface area contributed by atoms with Gasteiger partial charge in [-0.2, -0.15) is 5.26 Å². The highest BCUT2D eigenvalue weighted by molar-refractivity contribution is 5.32. The highest BCUT2D eigenvalue weighted by Crippen LogP contribution is 2.26. The van der Waals surface area contributed by atoms with Crippen LogP contribution in [0.5, 0.6) is 0 Å². The maximum absolute atomic E-state index is 9.33. The molecule has 1 saturated heterocycles. The minimum Gasteiger partial charge on any atom is -0.396 e. The van der Waals surface area contributed by atoms with Gasteiger partial charge in [-0.25, -0.2) is 0 Å². The van der Waals surface area contributed by atoms with Crippen LogP contribution in [0.15, 0.2) is 24.3 Å². The Hall–Kier alpha value is -1.41. The van der Waals surface area contributed by atoms with Gasteiger partial charge in [-0.15, -0.1) is 0 Å². The van der Waals surface area contributed by atoms with Crippen LogP contribution in [0.3, 0.4) is 0 Å². The molecule has 2 N–H and O–H groups in total. The summed E-state index contributed by atoms with van der Waals surface area (Å²) >= 11 is 0. The fourth-order valence-corrected chi connectivity index (χ4v) is 1.97. The summed E-state index contributed by atoms with van der Waals surface area (Å²) in [5, 5.41) is 21.5. The van der Waals surface area contributed by atoms with Crippen LogP contribution in [-0.2, 0) is 4.74 Å². The third kappa shape index (κ3) is 2.70. The summed E-state index contributed by atoms with van der Waals surface area (Å²) in [4.78, 5) is 0. The average Bonchev–Trinajstić information content (AvgIpc) is 2.38. The molecular formula is C14H18N2O2. The Morgan fingerprint density at radius 1 is 1.44 bits per heavy atom. The third-order valence-electron chi connectivity index (χ3n) is 3.47. The van der Waals surface area contributed by atoms with Crippen LogP contribution in [0.4, 0.5) is 0 Å². The van der Waals surface area contributed by atoms with E-state index in [4.69, 9.17) is 10.00 Å². The smallest absolute Gasteiger partial charge is 0.0991 e. The minimum atomic E-state index is -0.110. The Labute approximate surface area is 107 Å². The maximum Gasteiger partial charge on any atom is 0.0991 e. The Morgan fingerprint density at radius 2 is 2.11 bits per heavy atom. The van der Waals surface area contributed by atoms with Gasteiger partial charge in [0.25, 0.3) is 0 Å². The SMILES string of the molecule is CC(NCC1(CO)COC1)c1ccc(C#N)cc1. The lowest BCUT2D eigenvalue weighted by Gasteiger charge is -2.40. The summed E-state index contributed by atoms with van der Waals surface area (Å²) in [5.74, 6) is 0.